The summed E-state index contributed by atoms with van der Waals surface area (Å²) in [4.78, 5) is 136. The first-order valence-corrected chi connectivity index (χ1v) is 26.4. The number of rotatable bonds is 34. The van der Waals surface area contributed by atoms with Crippen molar-refractivity contribution in [3.05, 3.63) is 59.7 Å². The highest BCUT2D eigenvalue weighted by atomic mass is 16.4. The number of unbranched alkanes of at least 4 members (excludes halogenated alkanes) is 2. The SMILES string of the molecule is CC[C@H](C)[C@H](NC(=O)[C@H](Cc1ccc(O)cc1)NC(=O)[C@H](Cc1ccc(O)cc1)NC(=O)[C@H](C)NC(=O)[C@@H]1CCCN1C(=O)CN)C(=O)N[C@@H](CO)C(=O)N[C@@H](CCCCN)C(=O)N[C@@H](CCCCN)C(=O)N[C@@H](CO)C(=O)O. The molecular weight excluding hydrogens is 1030 g/mol. The fraction of sp³-hybridized carbons (Fsp3) is 0.577. The van der Waals surface area contributed by atoms with Gasteiger partial charge in [0, 0.05) is 19.4 Å². The summed E-state index contributed by atoms with van der Waals surface area (Å²) in [7, 11) is 0. The predicted molar refractivity (Wildman–Crippen MR) is 286 cm³/mol. The molecule has 2 aromatic rings. The van der Waals surface area contributed by atoms with Gasteiger partial charge >= 0.3 is 5.97 Å². The van der Waals surface area contributed by atoms with Crippen molar-refractivity contribution in [3.8, 4) is 11.5 Å². The molecule has 3 rings (SSSR count). The normalized spacial score (nSPS) is 16.5. The Balaban J connectivity index is 1.90. The number of aromatic hydroxyl groups is 2. The number of aliphatic hydroxyl groups excluding tert-OH is 2. The molecule has 10 atom stereocenters. The van der Waals surface area contributed by atoms with Crippen molar-refractivity contribution >= 4 is 59.1 Å². The number of amides is 9. The van der Waals surface area contributed by atoms with E-state index in [1.807, 2.05) is 0 Å². The molecule has 27 heteroatoms. The van der Waals surface area contributed by atoms with Gasteiger partial charge in [-0.1, -0.05) is 44.5 Å². The van der Waals surface area contributed by atoms with Crippen molar-refractivity contribution < 1.29 is 73.5 Å². The van der Waals surface area contributed by atoms with Crippen LogP contribution in [0.15, 0.2) is 48.5 Å². The zero-order valence-corrected chi connectivity index (χ0v) is 44.9. The smallest absolute Gasteiger partial charge is 0.328 e. The Morgan fingerprint density at radius 1 is 0.557 bits per heavy atom. The van der Waals surface area contributed by atoms with Crippen LogP contribution in [0.25, 0.3) is 0 Å². The van der Waals surface area contributed by atoms with Crippen molar-refractivity contribution in [3.63, 3.8) is 0 Å². The number of likely N-dealkylation sites (tertiary alicyclic amines) is 1. The Bertz CT molecular complexity index is 2360. The lowest BCUT2D eigenvalue weighted by molar-refractivity contribution is -0.143. The molecule has 0 aliphatic carbocycles. The van der Waals surface area contributed by atoms with Gasteiger partial charge in [-0.05, 0) is 113 Å². The second-order valence-electron chi connectivity index (χ2n) is 19.4. The van der Waals surface area contributed by atoms with Crippen molar-refractivity contribution in [1.29, 1.82) is 0 Å². The number of phenolic OH excluding ortho intramolecular Hbond substituents is 2. The van der Waals surface area contributed by atoms with E-state index < -0.39 is 133 Å². The van der Waals surface area contributed by atoms with Crippen LogP contribution in [0, 0.1) is 5.92 Å². The number of aliphatic hydroxyl groups is 2. The lowest BCUT2D eigenvalue weighted by Crippen LogP contribution is -2.62. The first-order valence-electron chi connectivity index (χ1n) is 26.4. The fourth-order valence-corrected chi connectivity index (χ4v) is 8.49. The van der Waals surface area contributed by atoms with E-state index in [0.29, 0.717) is 56.2 Å². The lowest BCUT2D eigenvalue weighted by atomic mass is 9.96. The van der Waals surface area contributed by atoms with Gasteiger partial charge in [0.25, 0.3) is 0 Å². The first-order chi connectivity index (χ1) is 37.6. The number of aliphatic carboxylic acids is 1. The number of nitrogens with two attached hydrogens (primary N) is 3. The highest BCUT2D eigenvalue weighted by molar-refractivity contribution is 5.98. The number of hydrogen-bond donors (Lipinski definition) is 16. The van der Waals surface area contributed by atoms with Crippen molar-refractivity contribution in [2.24, 2.45) is 23.1 Å². The third kappa shape index (κ3) is 21.4. The van der Waals surface area contributed by atoms with Gasteiger partial charge in [-0.25, -0.2) is 4.79 Å². The maximum absolute atomic E-state index is 14.5. The molecule has 0 radical (unpaired) electrons. The van der Waals surface area contributed by atoms with Crippen LogP contribution in [0.4, 0.5) is 0 Å². The molecule has 19 N–H and O–H groups in total. The van der Waals surface area contributed by atoms with Gasteiger partial charge in [0.2, 0.25) is 53.2 Å². The number of nitrogens with zero attached hydrogens (tertiary/aromatic N) is 1. The summed E-state index contributed by atoms with van der Waals surface area (Å²) in [5.41, 5.74) is 17.7. The van der Waals surface area contributed by atoms with Crippen LogP contribution in [-0.4, -0.2) is 183 Å². The first kappa shape index (κ1) is 65.8. The minimum Gasteiger partial charge on any atom is -0.508 e. The Labute approximate surface area is 458 Å². The summed E-state index contributed by atoms with van der Waals surface area (Å²) in [6, 6.07) is -1.14. The lowest BCUT2D eigenvalue weighted by Gasteiger charge is -2.29. The van der Waals surface area contributed by atoms with Gasteiger partial charge in [-0.3, -0.25) is 43.2 Å². The van der Waals surface area contributed by atoms with Gasteiger partial charge < -0.3 is 90.2 Å². The molecule has 1 heterocycles. The van der Waals surface area contributed by atoms with Crippen molar-refractivity contribution in [2.45, 2.75) is 146 Å². The second-order valence-corrected chi connectivity index (χ2v) is 19.4. The van der Waals surface area contributed by atoms with Crippen LogP contribution < -0.4 is 59.7 Å². The maximum atomic E-state index is 14.5. The number of hydrogen-bond acceptors (Lipinski definition) is 17. The second kappa shape index (κ2) is 33.7. The van der Waals surface area contributed by atoms with E-state index in [1.165, 1.54) is 60.4 Å². The summed E-state index contributed by atoms with van der Waals surface area (Å²) >= 11 is 0. The molecule has 1 aliphatic rings. The zero-order valence-electron chi connectivity index (χ0n) is 44.9. The highest BCUT2D eigenvalue weighted by Crippen LogP contribution is 2.19. The number of nitrogens with one attached hydrogen (secondary N) is 8. The van der Waals surface area contributed by atoms with E-state index in [0.717, 1.165) is 0 Å². The molecule has 1 saturated heterocycles. The topological polar surface area (TPSA) is 449 Å². The number of carbonyl (C=O) groups is 10. The van der Waals surface area contributed by atoms with Crippen LogP contribution in [-0.2, 0) is 60.8 Å². The number of carbonyl (C=O) groups excluding carboxylic acids is 9. The van der Waals surface area contributed by atoms with Crippen molar-refractivity contribution in [2.75, 3.05) is 39.4 Å². The highest BCUT2D eigenvalue weighted by Gasteiger charge is 2.38. The van der Waals surface area contributed by atoms with Gasteiger partial charge in [-0.15, -0.1) is 0 Å². The Morgan fingerprint density at radius 3 is 1.42 bits per heavy atom. The molecule has 27 nitrogen and oxygen atoms in total. The van der Waals surface area contributed by atoms with Crippen LogP contribution in [0.1, 0.15) is 89.7 Å². The Kier molecular flexibility index (Phi) is 28.1. The van der Waals surface area contributed by atoms with E-state index in [-0.39, 0.29) is 63.2 Å². The third-order valence-corrected chi connectivity index (χ3v) is 13.4. The number of phenols is 2. The molecule has 0 aromatic heterocycles. The average Bonchev–Trinajstić information content (AvgIpc) is 3.94. The molecule has 1 fully saturated rings. The molecule has 1 aliphatic heterocycles. The molecule has 438 valence electrons. The van der Waals surface area contributed by atoms with E-state index in [1.54, 1.807) is 13.8 Å². The van der Waals surface area contributed by atoms with Gasteiger partial charge in [0.05, 0.1) is 19.8 Å². The number of carboxylic acids is 1. The van der Waals surface area contributed by atoms with Crippen molar-refractivity contribution in [1.82, 2.24) is 47.4 Å². The van der Waals surface area contributed by atoms with Gasteiger partial charge in [-0.2, -0.15) is 0 Å². The molecule has 9 amide bonds. The fourth-order valence-electron chi connectivity index (χ4n) is 8.49. The van der Waals surface area contributed by atoms with Crippen LogP contribution in [0.2, 0.25) is 0 Å². The zero-order chi connectivity index (χ0) is 58.8. The third-order valence-electron chi connectivity index (χ3n) is 13.4. The summed E-state index contributed by atoms with van der Waals surface area (Å²) in [5, 5.41) is 69.5. The summed E-state index contributed by atoms with van der Waals surface area (Å²) in [5.74, 6) is -9.81. The monoisotopic (exact) mass is 1110 g/mol. The quantitative estimate of drug-likeness (QED) is 0.0298. The predicted octanol–water partition coefficient (Wildman–Crippen LogP) is -3.90. The summed E-state index contributed by atoms with van der Waals surface area (Å²) in [6.07, 6.45) is 2.19. The van der Waals surface area contributed by atoms with Crippen LogP contribution in [0.5, 0.6) is 11.5 Å². The maximum Gasteiger partial charge on any atom is 0.328 e. The van der Waals surface area contributed by atoms with Gasteiger partial charge in [0.1, 0.15) is 65.9 Å². The van der Waals surface area contributed by atoms with E-state index >= 15 is 0 Å². The molecule has 0 unspecified atom stereocenters. The molecule has 0 saturated carbocycles. The Hall–Kier alpha value is -7.46. The molecule has 0 spiro atoms. The minimum atomic E-state index is -1.72. The van der Waals surface area contributed by atoms with Crippen LogP contribution in [0.3, 0.4) is 0 Å². The van der Waals surface area contributed by atoms with E-state index in [2.05, 4.69) is 42.5 Å². The summed E-state index contributed by atoms with van der Waals surface area (Å²) < 4.78 is 0. The molecule has 0 bridgehead atoms. The Morgan fingerprint density at radius 2 is 0.975 bits per heavy atom. The minimum absolute atomic E-state index is 0.00611. The largest absolute Gasteiger partial charge is 0.508 e. The van der Waals surface area contributed by atoms with Gasteiger partial charge in [0.15, 0.2) is 0 Å². The molecule has 2 aromatic carbocycles. The van der Waals surface area contributed by atoms with E-state index in [4.69, 9.17) is 17.2 Å². The van der Waals surface area contributed by atoms with E-state index in [9.17, 15) is 73.5 Å². The number of carboxylic acid groups (broad SMARTS) is 1. The molecule has 79 heavy (non-hydrogen) atoms. The average molecular weight is 1110 g/mol. The summed E-state index contributed by atoms with van der Waals surface area (Å²) in [6.45, 7) is 3.24. The standard InChI is InChI=1S/C52H80N12O15/c1-4-29(2)43(51(77)61-39(27-65)49(75)58-35(10-5-7-21-53)45(71)57-36(11-6-8-22-54)46(72)62-40(28-66)52(78)79)63-48(74)38(25-32-15-19-34(68)20-16-32)60-47(73)37(24-31-13-17-33(67)18-14-31)59-44(70)30(3)56-50(76)41-12-9-23-64(41)42(69)26-55/h13-20,29-30,35-41,43,65-68H,4-12,21-28,53-55H2,1-3H3,(H,56,76)(H,57,71)(H,58,75)(H,59,70)(H,60,73)(H,61,77)(H,62,72)(H,63,74)(H,78,79)/t29-,30-,35-,36-,37-,38-,39-,40-,41-,43-/m0/s1. The number of benzene rings is 2. The van der Waals surface area contributed by atoms with Crippen LogP contribution >= 0.6 is 0 Å². The molecular formula is C52H80N12O15.